The third-order valence-corrected chi connectivity index (χ3v) is 7.35. The Labute approximate surface area is 219 Å². The van der Waals surface area contributed by atoms with E-state index in [1.54, 1.807) is 21.3 Å². The van der Waals surface area contributed by atoms with Gasteiger partial charge in [0.05, 0.1) is 26.3 Å². The van der Waals surface area contributed by atoms with Gasteiger partial charge in [0, 0.05) is 50.1 Å². The lowest BCUT2D eigenvalue weighted by Gasteiger charge is -2.32. The van der Waals surface area contributed by atoms with Crippen molar-refractivity contribution in [2.45, 2.75) is 39.2 Å². The summed E-state index contributed by atoms with van der Waals surface area (Å²) in [5.41, 5.74) is 4.08. The molecule has 3 aromatic rings. The number of aromatic nitrogens is 1. The molecule has 1 aromatic heterocycles. The Bertz CT molecular complexity index is 1200. The first-order chi connectivity index (χ1) is 18.1. The second-order valence-corrected chi connectivity index (χ2v) is 10.2. The normalized spacial score (nSPS) is 16.1. The minimum atomic E-state index is 0.453. The lowest BCUT2D eigenvalue weighted by atomic mass is 9.98. The Morgan fingerprint density at radius 3 is 2.22 bits per heavy atom. The zero-order valence-corrected chi connectivity index (χ0v) is 22.4. The van der Waals surface area contributed by atoms with Gasteiger partial charge in [0.1, 0.15) is 0 Å². The Morgan fingerprint density at radius 2 is 1.59 bits per heavy atom. The molecule has 0 spiro atoms. The SMILES string of the molecule is COCc1cc(OC)c(Oc2nc3cccc(N(CC4CCOCC4)CC4CC4)c3cc2C)c(OC)c1. The molecule has 1 saturated heterocycles. The summed E-state index contributed by atoms with van der Waals surface area (Å²) in [6.45, 7) is 6.42. The third-order valence-electron chi connectivity index (χ3n) is 7.35. The molecule has 0 amide bonds. The Hall–Kier alpha value is -3.03. The molecule has 5 rings (SSSR count). The van der Waals surface area contributed by atoms with Gasteiger partial charge in [-0.05, 0) is 80.3 Å². The summed E-state index contributed by atoms with van der Waals surface area (Å²) < 4.78 is 28.5. The van der Waals surface area contributed by atoms with Crippen LogP contribution >= 0.6 is 0 Å². The average Bonchev–Trinajstić information content (AvgIpc) is 3.74. The summed E-state index contributed by atoms with van der Waals surface area (Å²) in [5, 5.41) is 1.16. The number of hydrogen-bond donors (Lipinski definition) is 0. The van der Waals surface area contributed by atoms with Gasteiger partial charge in [-0.2, -0.15) is 0 Å². The van der Waals surface area contributed by atoms with Gasteiger partial charge < -0.3 is 28.6 Å². The van der Waals surface area contributed by atoms with E-state index in [-0.39, 0.29) is 0 Å². The summed E-state index contributed by atoms with van der Waals surface area (Å²) in [6, 6.07) is 12.4. The van der Waals surface area contributed by atoms with Gasteiger partial charge in [-0.25, -0.2) is 4.98 Å². The molecular formula is C30H38N2O5. The highest BCUT2D eigenvalue weighted by Crippen LogP contribution is 2.43. The minimum absolute atomic E-state index is 0.453. The van der Waals surface area contributed by atoms with Crippen molar-refractivity contribution in [1.82, 2.24) is 4.98 Å². The van der Waals surface area contributed by atoms with Gasteiger partial charge in [0.2, 0.25) is 11.6 Å². The first-order valence-corrected chi connectivity index (χ1v) is 13.2. The largest absolute Gasteiger partial charge is 0.493 e. The summed E-state index contributed by atoms with van der Waals surface area (Å²) in [5.74, 6) is 3.67. The average molecular weight is 507 g/mol. The van der Waals surface area contributed by atoms with Crippen LogP contribution < -0.4 is 19.1 Å². The zero-order chi connectivity index (χ0) is 25.8. The zero-order valence-electron chi connectivity index (χ0n) is 22.4. The number of hydrogen-bond acceptors (Lipinski definition) is 7. The maximum Gasteiger partial charge on any atom is 0.223 e. The van der Waals surface area contributed by atoms with Gasteiger partial charge in [-0.3, -0.25) is 0 Å². The highest BCUT2D eigenvalue weighted by Gasteiger charge is 2.28. The molecule has 0 bridgehead atoms. The van der Waals surface area contributed by atoms with Crippen LogP contribution in [0.4, 0.5) is 5.69 Å². The molecular weight excluding hydrogens is 468 g/mol. The van der Waals surface area contributed by atoms with Gasteiger partial charge >= 0.3 is 0 Å². The summed E-state index contributed by atoms with van der Waals surface area (Å²) in [6.07, 6.45) is 4.93. The molecule has 1 aliphatic carbocycles. The van der Waals surface area contributed by atoms with Crippen LogP contribution in [0, 0.1) is 18.8 Å². The van der Waals surface area contributed by atoms with E-state index < -0.39 is 0 Å². The number of aryl methyl sites for hydroxylation is 1. The Morgan fingerprint density at radius 1 is 0.919 bits per heavy atom. The lowest BCUT2D eigenvalue weighted by Crippen LogP contribution is -2.34. The fourth-order valence-corrected chi connectivity index (χ4v) is 5.15. The second kappa shape index (κ2) is 11.6. The molecule has 2 heterocycles. The fraction of sp³-hybridized carbons (Fsp3) is 0.500. The maximum absolute atomic E-state index is 6.36. The van der Waals surface area contributed by atoms with Crippen molar-refractivity contribution >= 4 is 16.6 Å². The van der Waals surface area contributed by atoms with Crippen LogP contribution in [0.1, 0.15) is 36.8 Å². The smallest absolute Gasteiger partial charge is 0.223 e. The Kier molecular flexibility index (Phi) is 8.01. The molecule has 2 aliphatic rings. The molecule has 2 aromatic carbocycles. The van der Waals surface area contributed by atoms with E-state index in [1.807, 2.05) is 19.1 Å². The number of methoxy groups -OCH3 is 3. The molecule has 7 nitrogen and oxygen atoms in total. The van der Waals surface area contributed by atoms with Crippen LogP contribution in [0.2, 0.25) is 0 Å². The van der Waals surface area contributed by atoms with Crippen molar-refractivity contribution < 1.29 is 23.7 Å². The maximum atomic E-state index is 6.36. The van der Waals surface area contributed by atoms with Gasteiger partial charge in [-0.15, -0.1) is 0 Å². The van der Waals surface area contributed by atoms with Crippen LogP contribution in [0.25, 0.3) is 10.9 Å². The lowest BCUT2D eigenvalue weighted by molar-refractivity contribution is 0.0682. The molecule has 0 N–H and O–H groups in total. The van der Waals surface area contributed by atoms with Crippen molar-refractivity contribution in [3.63, 3.8) is 0 Å². The fourth-order valence-electron chi connectivity index (χ4n) is 5.15. The van der Waals surface area contributed by atoms with Gasteiger partial charge in [-0.1, -0.05) is 6.07 Å². The van der Waals surface area contributed by atoms with E-state index in [0.29, 0.717) is 35.7 Å². The number of nitrogens with zero attached hydrogens (tertiary/aromatic N) is 2. The van der Waals surface area contributed by atoms with E-state index in [2.05, 4.69) is 29.2 Å². The molecule has 7 heteroatoms. The van der Waals surface area contributed by atoms with Crippen LogP contribution in [0.15, 0.2) is 36.4 Å². The first-order valence-electron chi connectivity index (χ1n) is 13.2. The second-order valence-electron chi connectivity index (χ2n) is 10.2. The van der Waals surface area contributed by atoms with Crippen molar-refractivity contribution in [2.75, 3.05) is 52.5 Å². The quantitative estimate of drug-likeness (QED) is 0.309. The molecule has 0 atom stereocenters. The van der Waals surface area contributed by atoms with Crippen molar-refractivity contribution in [3.05, 3.63) is 47.5 Å². The topological polar surface area (TPSA) is 62.3 Å². The molecule has 198 valence electrons. The van der Waals surface area contributed by atoms with Gasteiger partial charge in [0.15, 0.2) is 11.5 Å². The molecule has 1 saturated carbocycles. The van der Waals surface area contributed by atoms with Crippen molar-refractivity contribution in [2.24, 2.45) is 11.8 Å². The molecule has 37 heavy (non-hydrogen) atoms. The van der Waals surface area contributed by atoms with Crippen molar-refractivity contribution in [3.8, 4) is 23.1 Å². The number of pyridine rings is 1. The van der Waals surface area contributed by atoms with Crippen LogP contribution in [0.3, 0.4) is 0 Å². The summed E-state index contributed by atoms with van der Waals surface area (Å²) >= 11 is 0. The van der Waals surface area contributed by atoms with Gasteiger partial charge in [0.25, 0.3) is 0 Å². The van der Waals surface area contributed by atoms with E-state index in [1.165, 1.54) is 18.5 Å². The van der Waals surface area contributed by atoms with Crippen molar-refractivity contribution in [1.29, 1.82) is 0 Å². The highest BCUT2D eigenvalue weighted by molar-refractivity contribution is 5.93. The summed E-state index contributed by atoms with van der Waals surface area (Å²) in [7, 11) is 4.91. The number of ether oxygens (including phenoxy) is 5. The third kappa shape index (κ3) is 5.94. The highest BCUT2D eigenvalue weighted by atomic mass is 16.5. The standard InChI is InChI=1S/C30H38N2O5/c1-20-14-24-25(31-30(20)37-29-27(34-3)15-23(19-33-2)16-28(29)35-4)6-5-7-26(24)32(17-21-8-9-21)18-22-10-12-36-13-11-22/h5-7,14-16,21-22H,8-13,17-19H2,1-4H3. The Balaban J connectivity index is 1.48. The minimum Gasteiger partial charge on any atom is -0.493 e. The first kappa shape index (κ1) is 25.6. The molecule has 1 aliphatic heterocycles. The van der Waals surface area contributed by atoms with E-state index in [4.69, 9.17) is 28.7 Å². The van der Waals surface area contributed by atoms with E-state index >= 15 is 0 Å². The monoisotopic (exact) mass is 506 g/mol. The summed E-state index contributed by atoms with van der Waals surface area (Å²) in [4.78, 5) is 7.56. The molecule has 2 fully saturated rings. The number of rotatable bonds is 11. The van der Waals surface area contributed by atoms with Crippen LogP contribution in [-0.4, -0.2) is 52.6 Å². The molecule has 0 radical (unpaired) electrons. The predicted octanol–water partition coefficient (Wildman–Crippen LogP) is 6.14. The number of fused-ring (bicyclic) bond motifs is 1. The number of anilines is 1. The van der Waals surface area contributed by atoms with E-state index in [9.17, 15) is 0 Å². The number of benzene rings is 2. The van der Waals surface area contributed by atoms with E-state index in [0.717, 1.165) is 67.1 Å². The van der Waals surface area contributed by atoms with Crippen LogP contribution in [-0.2, 0) is 16.1 Å². The van der Waals surface area contributed by atoms with Crippen LogP contribution in [0.5, 0.6) is 23.1 Å². The predicted molar refractivity (Wildman–Crippen MR) is 145 cm³/mol. The molecule has 0 unspecified atom stereocenters.